The van der Waals surface area contributed by atoms with Crippen molar-refractivity contribution in [3.8, 4) is 17.2 Å². The molecule has 1 aromatic heterocycles. The average molecular weight is 461 g/mol. The predicted octanol–water partition coefficient (Wildman–Crippen LogP) is 4.63. The SMILES string of the molecule is COc1cc(C=C2C(C)=C(CNC(=O)Cc3ccncc3)c3cc(F)ccc32)cc(OC)c1O. The van der Waals surface area contributed by atoms with Crippen LogP contribution in [0.4, 0.5) is 4.39 Å². The molecule has 1 aliphatic carbocycles. The molecule has 6 nitrogen and oxygen atoms in total. The van der Waals surface area contributed by atoms with E-state index < -0.39 is 0 Å². The highest BCUT2D eigenvalue weighted by molar-refractivity contribution is 6.06. The van der Waals surface area contributed by atoms with E-state index in [1.165, 1.54) is 26.4 Å². The minimum Gasteiger partial charge on any atom is -0.502 e. The molecule has 0 spiro atoms. The molecule has 0 atom stereocenters. The first-order valence-corrected chi connectivity index (χ1v) is 10.7. The summed E-state index contributed by atoms with van der Waals surface area (Å²) in [6.07, 6.45) is 5.47. The van der Waals surface area contributed by atoms with Gasteiger partial charge in [-0.3, -0.25) is 9.78 Å². The number of halogens is 1. The van der Waals surface area contributed by atoms with Gasteiger partial charge >= 0.3 is 0 Å². The van der Waals surface area contributed by atoms with Gasteiger partial charge in [-0.2, -0.15) is 0 Å². The van der Waals surface area contributed by atoms with Crippen LogP contribution < -0.4 is 14.8 Å². The lowest BCUT2D eigenvalue weighted by molar-refractivity contribution is -0.120. The third-order valence-electron chi connectivity index (χ3n) is 5.84. The Morgan fingerprint density at radius 1 is 1.06 bits per heavy atom. The molecule has 0 saturated heterocycles. The number of nitrogens with one attached hydrogen (secondary N) is 1. The van der Waals surface area contributed by atoms with Gasteiger partial charge in [-0.15, -0.1) is 0 Å². The number of aromatic hydroxyl groups is 1. The largest absolute Gasteiger partial charge is 0.502 e. The lowest BCUT2D eigenvalue weighted by atomic mass is 10.00. The van der Waals surface area contributed by atoms with Crippen LogP contribution in [-0.2, 0) is 11.2 Å². The van der Waals surface area contributed by atoms with Gasteiger partial charge in [0.15, 0.2) is 11.5 Å². The monoisotopic (exact) mass is 460 g/mol. The van der Waals surface area contributed by atoms with Gasteiger partial charge in [0.25, 0.3) is 0 Å². The minimum absolute atomic E-state index is 0.0779. The first-order chi connectivity index (χ1) is 16.4. The maximum Gasteiger partial charge on any atom is 0.224 e. The molecule has 0 radical (unpaired) electrons. The summed E-state index contributed by atoms with van der Waals surface area (Å²) in [5.41, 5.74) is 5.89. The van der Waals surface area contributed by atoms with Crippen LogP contribution >= 0.6 is 0 Å². The number of carbonyl (C=O) groups excluding carboxylic acids is 1. The van der Waals surface area contributed by atoms with E-state index in [2.05, 4.69) is 10.3 Å². The molecule has 0 aliphatic heterocycles. The predicted molar refractivity (Wildman–Crippen MR) is 129 cm³/mol. The molecule has 34 heavy (non-hydrogen) atoms. The number of phenols is 1. The second-order valence-corrected chi connectivity index (χ2v) is 7.93. The Labute approximate surface area is 197 Å². The quantitative estimate of drug-likeness (QED) is 0.537. The fourth-order valence-corrected chi connectivity index (χ4v) is 4.08. The summed E-state index contributed by atoms with van der Waals surface area (Å²) in [5.74, 6) is 0.0182. The van der Waals surface area contributed by atoms with Crippen molar-refractivity contribution in [2.24, 2.45) is 0 Å². The zero-order valence-electron chi connectivity index (χ0n) is 19.2. The summed E-state index contributed by atoms with van der Waals surface area (Å²) in [5, 5.41) is 13.2. The number of rotatable bonds is 7. The number of carbonyl (C=O) groups is 1. The summed E-state index contributed by atoms with van der Waals surface area (Å²) in [7, 11) is 2.94. The standard InChI is InChI=1S/C27H25FN2O4/c1-16-21(10-18-11-24(33-2)27(32)25(12-18)34-3)20-5-4-19(28)14-22(20)23(16)15-30-26(31)13-17-6-8-29-9-7-17/h4-12,14,32H,13,15H2,1-3H3,(H,30,31). The number of ether oxygens (including phenoxy) is 2. The molecule has 2 N–H and O–H groups in total. The number of nitrogens with zero attached hydrogens (tertiary/aromatic N) is 1. The second-order valence-electron chi connectivity index (χ2n) is 7.93. The Hall–Kier alpha value is -4.13. The number of hydrogen-bond acceptors (Lipinski definition) is 5. The number of allylic oxidation sites excluding steroid dienone is 2. The highest BCUT2D eigenvalue weighted by Gasteiger charge is 2.25. The first-order valence-electron chi connectivity index (χ1n) is 10.7. The molecular formula is C27H25FN2O4. The van der Waals surface area contributed by atoms with Crippen molar-refractivity contribution in [3.63, 3.8) is 0 Å². The molecule has 0 bridgehead atoms. The lowest BCUT2D eigenvalue weighted by Gasteiger charge is -2.11. The Bertz CT molecular complexity index is 1270. The van der Waals surface area contributed by atoms with E-state index in [1.807, 2.05) is 13.0 Å². The van der Waals surface area contributed by atoms with Gasteiger partial charge in [-0.25, -0.2) is 4.39 Å². The van der Waals surface area contributed by atoms with Gasteiger partial charge in [0.2, 0.25) is 11.7 Å². The van der Waals surface area contributed by atoms with E-state index in [0.29, 0.717) is 0 Å². The van der Waals surface area contributed by atoms with Crippen molar-refractivity contribution in [3.05, 3.63) is 88.5 Å². The number of hydrogen-bond donors (Lipinski definition) is 2. The number of benzene rings is 2. The van der Waals surface area contributed by atoms with Crippen LogP contribution in [0.3, 0.4) is 0 Å². The lowest BCUT2D eigenvalue weighted by Crippen LogP contribution is -2.26. The Balaban J connectivity index is 1.67. The zero-order chi connectivity index (χ0) is 24.2. The summed E-state index contributed by atoms with van der Waals surface area (Å²) >= 11 is 0. The molecule has 1 amide bonds. The smallest absolute Gasteiger partial charge is 0.224 e. The fraction of sp³-hybridized carbons (Fsp3) is 0.185. The van der Waals surface area contributed by atoms with E-state index in [9.17, 15) is 14.3 Å². The van der Waals surface area contributed by atoms with Crippen LogP contribution in [0, 0.1) is 5.82 Å². The topological polar surface area (TPSA) is 80.7 Å². The van der Waals surface area contributed by atoms with E-state index >= 15 is 0 Å². The van der Waals surface area contributed by atoms with Crippen LogP contribution in [0.2, 0.25) is 0 Å². The van der Waals surface area contributed by atoms with Crippen molar-refractivity contribution in [1.29, 1.82) is 0 Å². The van der Waals surface area contributed by atoms with Crippen LogP contribution in [0.1, 0.15) is 29.2 Å². The molecule has 0 unspecified atom stereocenters. The number of pyridine rings is 1. The van der Waals surface area contributed by atoms with Gasteiger partial charge in [-0.1, -0.05) is 6.07 Å². The van der Waals surface area contributed by atoms with Crippen molar-refractivity contribution < 1.29 is 23.8 Å². The third kappa shape index (κ3) is 4.64. The van der Waals surface area contributed by atoms with Crippen molar-refractivity contribution in [1.82, 2.24) is 10.3 Å². The molecule has 1 aliphatic rings. The summed E-state index contributed by atoms with van der Waals surface area (Å²) in [4.78, 5) is 16.5. The molecule has 7 heteroatoms. The average Bonchev–Trinajstić information content (AvgIpc) is 3.09. The second kappa shape index (κ2) is 9.79. The van der Waals surface area contributed by atoms with E-state index in [-0.39, 0.29) is 41.9 Å². The highest BCUT2D eigenvalue weighted by Crippen LogP contribution is 2.44. The van der Waals surface area contributed by atoms with Crippen LogP contribution in [0.5, 0.6) is 17.2 Å². The molecule has 4 rings (SSSR count). The van der Waals surface area contributed by atoms with Crippen LogP contribution in [-0.4, -0.2) is 36.8 Å². The molecule has 0 fully saturated rings. The highest BCUT2D eigenvalue weighted by atomic mass is 19.1. The van der Waals surface area contributed by atoms with E-state index in [0.717, 1.165) is 39.0 Å². The molecule has 1 heterocycles. The maximum absolute atomic E-state index is 14.1. The Morgan fingerprint density at radius 2 is 1.74 bits per heavy atom. The van der Waals surface area contributed by atoms with Crippen LogP contribution in [0.15, 0.2) is 60.4 Å². The normalized spacial score (nSPS) is 13.7. The van der Waals surface area contributed by atoms with Gasteiger partial charge in [0.1, 0.15) is 5.82 Å². The van der Waals surface area contributed by atoms with Gasteiger partial charge in [0, 0.05) is 18.9 Å². The van der Waals surface area contributed by atoms with Gasteiger partial charge < -0.3 is 19.9 Å². The van der Waals surface area contributed by atoms with Crippen molar-refractivity contribution >= 4 is 23.1 Å². The molecule has 174 valence electrons. The van der Waals surface area contributed by atoms with Crippen molar-refractivity contribution in [2.75, 3.05) is 20.8 Å². The van der Waals surface area contributed by atoms with Crippen molar-refractivity contribution in [2.45, 2.75) is 13.3 Å². The summed E-state index contributed by atoms with van der Waals surface area (Å²) in [6, 6.07) is 11.6. The van der Waals surface area contributed by atoms with E-state index in [1.54, 1.807) is 42.7 Å². The number of aromatic nitrogens is 1. The van der Waals surface area contributed by atoms with Crippen LogP contribution in [0.25, 0.3) is 17.2 Å². The first kappa shape index (κ1) is 23.0. The minimum atomic E-state index is -0.346. The number of phenolic OH excluding ortho intramolecular Hbond substituents is 1. The number of fused-ring (bicyclic) bond motifs is 1. The summed E-state index contributed by atoms with van der Waals surface area (Å²) in [6.45, 7) is 2.22. The number of amides is 1. The Morgan fingerprint density at radius 3 is 2.38 bits per heavy atom. The van der Waals surface area contributed by atoms with E-state index in [4.69, 9.17) is 9.47 Å². The maximum atomic E-state index is 14.1. The van der Waals surface area contributed by atoms with Gasteiger partial charge in [0.05, 0.1) is 20.6 Å². The zero-order valence-corrected chi connectivity index (χ0v) is 19.2. The summed E-state index contributed by atoms with van der Waals surface area (Å²) < 4.78 is 24.7. The molecular weight excluding hydrogens is 435 g/mol. The fourth-order valence-electron chi connectivity index (χ4n) is 4.08. The molecule has 0 saturated carbocycles. The Kier molecular flexibility index (Phi) is 6.63. The van der Waals surface area contributed by atoms with Gasteiger partial charge in [-0.05, 0) is 88.4 Å². The third-order valence-corrected chi connectivity index (χ3v) is 5.84. The number of methoxy groups -OCH3 is 2. The molecule has 2 aromatic carbocycles. The molecule has 3 aromatic rings.